The molecule has 1 saturated heterocycles. The van der Waals surface area contributed by atoms with E-state index < -0.39 is 0 Å². The van der Waals surface area contributed by atoms with E-state index in [1.165, 1.54) is 0 Å². The molecule has 110 valence electrons. The fourth-order valence-corrected chi connectivity index (χ4v) is 2.33. The van der Waals surface area contributed by atoms with Crippen molar-refractivity contribution in [2.45, 2.75) is 26.4 Å². The van der Waals surface area contributed by atoms with Crippen molar-refractivity contribution in [2.24, 2.45) is 5.73 Å². The molecule has 0 radical (unpaired) electrons. The maximum absolute atomic E-state index is 12.7. The van der Waals surface area contributed by atoms with Gasteiger partial charge in [-0.15, -0.1) is 0 Å². The first-order valence-electron chi connectivity index (χ1n) is 7.08. The van der Waals surface area contributed by atoms with Crippen LogP contribution in [0.5, 0.6) is 0 Å². The van der Waals surface area contributed by atoms with Crippen LogP contribution in [0.1, 0.15) is 19.4 Å². The molecule has 1 aliphatic heterocycles. The van der Waals surface area contributed by atoms with Crippen LogP contribution in [-0.2, 0) is 11.3 Å². The van der Waals surface area contributed by atoms with Crippen molar-refractivity contribution in [1.29, 1.82) is 0 Å². The Morgan fingerprint density at radius 3 is 2.40 bits per heavy atom. The first kappa shape index (κ1) is 14.8. The zero-order valence-corrected chi connectivity index (χ0v) is 12.2. The van der Waals surface area contributed by atoms with Crippen molar-refractivity contribution in [2.75, 3.05) is 31.2 Å². The van der Waals surface area contributed by atoms with Gasteiger partial charge in [0, 0.05) is 31.4 Å². The third-order valence-electron chi connectivity index (χ3n) is 3.45. The van der Waals surface area contributed by atoms with Gasteiger partial charge in [-0.2, -0.15) is 0 Å². The lowest BCUT2D eigenvalue weighted by atomic mass is 10.2. The van der Waals surface area contributed by atoms with Gasteiger partial charge >= 0.3 is 6.03 Å². The highest BCUT2D eigenvalue weighted by Gasteiger charge is 2.25. The number of nitrogens with zero attached hydrogens (tertiary/aromatic N) is 2. The molecule has 2 amide bonds. The third-order valence-corrected chi connectivity index (χ3v) is 3.45. The van der Waals surface area contributed by atoms with E-state index in [1.54, 1.807) is 0 Å². The summed E-state index contributed by atoms with van der Waals surface area (Å²) in [5, 5.41) is 0. The second-order valence-electron chi connectivity index (χ2n) is 5.22. The van der Waals surface area contributed by atoms with E-state index in [0.29, 0.717) is 32.8 Å². The summed E-state index contributed by atoms with van der Waals surface area (Å²) in [5.74, 6) is 0. The number of ether oxygens (including phenoxy) is 1. The highest BCUT2D eigenvalue weighted by Crippen LogP contribution is 2.20. The minimum Gasteiger partial charge on any atom is -0.378 e. The molecule has 2 rings (SSSR count). The Morgan fingerprint density at radius 1 is 1.30 bits per heavy atom. The molecule has 5 nitrogen and oxygen atoms in total. The molecule has 2 N–H and O–H groups in total. The largest absolute Gasteiger partial charge is 0.378 e. The van der Waals surface area contributed by atoms with Crippen LogP contribution in [-0.4, -0.2) is 43.3 Å². The van der Waals surface area contributed by atoms with Crippen LogP contribution in [0.25, 0.3) is 0 Å². The van der Waals surface area contributed by atoms with Gasteiger partial charge in [-0.1, -0.05) is 12.1 Å². The number of urea groups is 1. The van der Waals surface area contributed by atoms with Crippen LogP contribution >= 0.6 is 0 Å². The first-order valence-corrected chi connectivity index (χ1v) is 7.08. The van der Waals surface area contributed by atoms with E-state index in [1.807, 2.05) is 47.9 Å². The number of hydrogen-bond acceptors (Lipinski definition) is 3. The summed E-state index contributed by atoms with van der Waals surface area (Å²) in [6.45, 7) is 7.10. The van der Waals surface area contributed by atoms with Gasteiger partial charge in [-0.05, 0) is 31.5 Å². The zero-order valence-electron chi connectivity index (χ0n) is 12.2. The van der Waals surface area contributed by atoms with Gasteiger partial charge in [0.2, 0.25) is 0 Å². The molecule has 1 heterocycles. The Morgan fingerprint density at radius 2 is 1.90 bits per heavy atom. The van der Waals surface area contributed by atoms with Gasteiger partial charge < -0.3 is 15.4 Å². The highest BCUT2D eigenvalue weighted by atomic mass is 16.5. The molecular weight excluding hydrogens is 254 g/mol. The summed E-state index contributed by atoms with van der Waals surface area (Å²) in [6, 6.07) is 8.01. The topological polar surface area (TPSA) is 58.8 Å². The molecule has 0 aliphatic carbocycles. The zero-order chi connectivity index (χ0) is 14.5. The first-order chi connectivity index (χ1) is 9.63. The normalized spacial score (nSPS) is 15.5. The van der Waals surface area contributed by atoms with Crippen molar-refractivity contribution < 1.29 is 9.53 Å². The molecule has 1 aliphatic rings. The van der Waals surface area contributed by atoms with Crippen LogP contribution in [0.3, 0.4) is 0 Å². The number of carbonyl (C=O) groups is 1. The molecule has 1 aromatic carbocycles. The molecule has 0 aromatic heterocycles. The lowest BCUT2D eigenvalue weighted by Gasteiger charge is -2.35. The van der Waals surface area contributed by atoms with E-state index in [0.717, 1.165) is 11.3 Å². The average molecular weight is 277 g/mol. The van der Waals surface area contributed by atoms with Gasteiger partial charge in [0.15, 0.2) is 0 Å². The minimum atomic E-state index is 0.0452. The van der Waals surface area contributed by atoms with Crippen LogP contribution in [0.2, 0.25) is 0 Å². The summed E-state index contributed by atoms with van der Waals surface area (Å²) in [5.41, 5.74) is 7.59. The average Bonchev–Trinajstić information content (AvgIpc) is 2.48. The molecule has 1 fully saturated rings. The van der Waals surface area contributed by atoms with Crippen molar-refractivity contribution in [3.63, 3.8) is 0 Å². The number of amides is 2. The van der Waals surface area contributed by atoms with Gasteiger partial charge in [0.25, 0.3) is 0 Å². The monoisotopic (exact) mass is 277 g/mol. The van der Waals surface area contributed by atoms with Crippen LogP contribution in [0, 0.1) is 0 Å². The second-order valence-corrected chi connectivity index (χ2v) is 5.22. The van der Waals surface area contributed by atoms with E-state index in [-0.39, 0.29) is 12.1 Å². The molecule has 0 atom stereocenters. The summed E-state index contributed by atoms with van der Waals surface area (Å²) in [4.78, 5) is 16.3. The van der Waals surface area contributed by atoms with E-state index in [9.17, 15) is 4.79 Å². The molecule has 0 saturated carbocycles. The molecule has 0 unspecified atom stereocenters. The van der Waals surface area contributed by atoms with E-state index >= 15 is 0 Å². The predicted molar refractivity (Wildman–Crippen MR) is 79.7 cm³/mol. The van der Waals surface area contributed by atoms with Gasteiger partial charge in [-0.3, -0.25) is 4.90 Å². The molecule has 0 bridgehead atoms. The fraction of sp³-hybridized carbons (Fsp3) is 0.533. The van der Waals surface area contributed by atoms with Crippen LogP contribution in [0.15, 0.2) is 24.3 Å². The van der Waals surface area contributed by atoms with Gasteiger partial charge in [0.05, 0.1) is 13.2 Å². The Hall–Kier alpha value is -1.59. The lowest BCUT2D eigenvalue weighted by molar-refractivity contribution is 0.0545. The Labute approximate surface area is 120 Å². The lowest BCUT2D eigenvalue weighted by Crippen LogP contribution is -2.50. The summed E-state index contributed by atoms with van der Waals surface area (Å²) in [7, 11) is 0. The SMILES string of the molecule is CC(C)N(C(=O)N1CCOCC1)c1ccc(CN)cc1. The van der Waals surface area contributed by atoms with Gasteiger partial charge in [-0.25, -0.2) is 4.79 Å². The van der Waals surface area contributed by atoms with Crippen molar-refractivity contribution in [3.8, 4) is 0 Å². The third kappa shape index (κ3) is 3.29. The number of anilines is 1. The van der Waals surface area contributed by atoms with Crippen LogP contribution < -0.4 is 10.6 Å². The second kappa shape index (κ2) is 6.72. The molecule has 20 heavy (non-hydrogen) atoms. The van der Waals surface area contributed by atoms with E-state index in [4.69, 9.17) is 10.5 Å². The number of nitrogens with two attached hydrogens (primary N) is 1. The number of carbonyl (C=O) groups excluding carboxylic acids is 1. The van der Waals surface area contributed by atoms with Crippen molar-refractivity contribution in [1.82, 2.24) is 4.90 Å². The number of benzene rings is 1. The summed E-state index contributed by atoms with van der Waals surface area (Å²) >= 11 is 0. The number of rotatable bonds is 3. The predicted octanol–water partition coefficient (Wildman–Crippen LogP) is 1.81. The molecule has 0 spiro atoms. The fourth-order valence-electron chi connectivity index (χ4n) is 2.33. The van der Waals surface area contributed by atoms with Crippen LogP contribution in [0.4, 0.5) is 10.5 Å². The molecule has 1 aromatic rings. The quantitative estimate of drug-likeness (QED) is 0.916. The smallest absolute Gasteiger partial charge is 0.324 e. The highest BCUT2D eigenvalue weighted by molar-refractivity contribution is 5.92. The maximum Gasteiger partial charge on any atom is 0.324 e. The van der Waals surface area contributed by atoms with Crippen molar-refractivity contribution in [3.05, 3.63) is 29.8 Å². The maximum atomic E-state index is 12.7. The van der Waals surface area contributed by atoms with E-state index in [2.05, 4.69) is 0 Å². The minimum absolute atomic E-state index is 0.0452. The summed E-state index contributed by atoms with van der Waals surface area (Å²) < 4.78 is 5.30. The molecular formula is C15H23N3O2. The molecule has 5 heteroatoms. The van der Waals surface area contributed by atoms with Gasteiger partial charge in [0.1, 0.15) is 0 Å². The number of hydrogen-bond donors (Lipinski definition) is 1. The van der Waals surface area contributed by atoms with Crippen molar-refractivity contribution >= 4 is 11.7 Å². The Bertz CT molecular complexity index is 439. The summed E-state index contributed by atoms with van der Waals surface area (Å²) in [6.07, 6.45) is 0. The Kier molecular flexibility index (Phi) is 4.98. The standard InChI is InChI=1S/C15H23N3O2/c1-12(2)18(14-5-3-13(11-16)4-6-14)15(19)17-7-9-20-10-8-17/h3-6,12H,7-11,16H2,1-2H3. The number of morpholine rings is 1. The Balaban J connectivity index is 2.18.